The summed E-state index contributed by atoms with van der Waals surface area (Å²) >= 11 is 0. The average Bonchev–Trinajstić information content (AvgIpc) is 2.34. The smallest absolute Gasteiger partial charge is 0.306 e. The number of hydrogen-bond donors (Lipinski definition) is 3. The van der Waals surface area contributed by atoms with Gasteiger partial charge in [0, 0.05) is 19.6 Å². The highest BCUT2D eigenvalue weighted by molar-refractivity contribution is 7.87. The Morgan fingerprint density at radius 3 is 2.29 bits per heavy atom. The predicted octanol–water partition coefficient (Wildman–Crippen LogP) is 0.415. The normalized spacial score (nSPS) is 20.4. The van der Waals surface area contributed by atoms with Gasteiger partial charge in [0.2, 0.25) is 0 Å². The maximum Gasteiger partial charge on any atom is 0.306 e. The van der Waals surface area contributed by atoms with Gasteiger partial charge in [-0.05, 0) is 24.7 Å². The average molecular weight is 322 g/mol. The summed E-state index contributed by atoms with van der Waals surface area (Å²) in [5, 5.41) is 18.7. The van der Waals surface area contributed by atoms with E-state index in [1.165, 1.54) is 4.31 Å². The Morgan fingerprint density at radius 2 is 1.86 bits per heavy atom. The van der Waals surface area contributed by atoms with Crippen molar-refractivity contribution in [3.63, 3.8) is 0 Å². The minimum Gasteiger partial charge on any atom is -0.481 e. The highest BCUT2D eigenvalue weighted by Crippen LogP contribution is 2.21. The third-order valence-electron chi connectivity index (χ3n) is 3.49. The molecular formula is C13H26N2O5S. The monoisotopic (exact) mass is 322 g/mol. The second kappa shape index (κ2) is 7.04. The van der Waals surface area contributed by atoms with Crippen LogP contribution in [0.4, 0.5) is 0 Å². The van der Waals surface area contributed by atoms with Crippen molar-refractivity contribution in [3.8, 4) is 0 Å². The van der Waals surface area contributed by atoms with E-state index in [-0.39, 0.29) is 25.0 Å². The molecule has 0 bridgehead atoms. The van der Waals surface area contributed by atoms with E-state index in [1.54, 1.807) is 0 Å². The third-order valence-corrected chi connectivity index (χ3v) is 5.07. The van der Waals surface area contributed by atoms with Crippen molar-refractivity contribution < 1.29 is 23.4 Å². The molecule has 124 valence electrons. The number of aliphatic carboxylic acids is 1. The number of carboxylic acids is 1. The van der Waals surface area contributed by atoms with Gasteiger partial charge >= 0.3 is 5.97 Å². The second-order valence-corrected chi connectivity index (χ2v) is 8.54. The minimum absolute atomic E-state index is 0.0293. The quantitative estimate of drug-likeness (QED) is 0.657. The van der Waals surface area contributed by atoms with E-state index >= 15 is 0 Å². The topological polar surface area (TPSA) is 107 Å². The standard InChI is InChI=1S/C13H26N2O5S/c1-13(2,3)8-11(16)9-14-21(19,20)15-6-4-10(5-7-15)12(17)18/h10-11,14,16H,4-9H2,1-3H3,(H,17,18). The van der Waals surface area contributed by atoms with Crippen molar-refractivity contribution in [2.24, 2.45) is 11.3 Å². The van der Waals surface area contributed by atoms with Crippen molar-refractivity contribution in [2.45, 2.75) is 46.1 Å². The molecule has 8 heteroatoms. The van der Waals surface area contributed by atoms with E-state index in [0.29, 0.717) is 19.3 Å². The summed E-state index contributed by atoms with van der Waals surface area (Å²) in [6, 6.07) is 0. The summed E-state index contributed by atoms with van der Waals surface area (Å²) < 4.78 is 27.8. The molecule has 1 aliphatic heterocycles. The molecule has 21 heavy (non-hydrogen) atoms. The van der Waals surface area contributed by atoms with E-state index in [9.17, 15) is 18.3 Å². The number of hydrogen-bond acceptors (Lipinski definition) is 4. The SMILES string of the molecule is CC(C)(C)CC(O)CNS(=O)(=O)N1CCC(C(=O)O)CC1. The van der Waals surface area contributed by atoms with E-state index in [2.05, 4.69) is 4.72 Å². The van der Waals surface area contributed by atoms with Crippen molar-refractivity contribution >= 4 is 16.2 Å². The third kappa shape index (κ3) is 6.29. The number of aliphatic hydroxyl groups is 1. The Balaban J connectivity index is 2.46. The lowest BCUT2D eigenvalue weighted by atomic mass is 9.89. The van der Waals surface area contributed by atoms with Crippen LogP contribution in [0.3, 0.4) is 0 Å². The molecule has 1 aliphatic rings. The van der Waals surface area contributed by atoms with Gasteiger partial charge in [0.25, 0.3) is 10.2 Å². The largest absolute Gasteiger partial charge is 0.481 e. The van der Waals surface area contributed by atoms with Crippen LogP contribution < -0.4 is 4.72 Å². The summed E-state index contributed by atoms with van der Waals surface area (Å²) in [7, 11) is -3.65. The summed E-state index contributed by atoms with van der Waals surface area (Å²) in [4.78, 5) is 10.8. The van der Waals surface area contributed by atoms with Crippen LogP contribution in [0.1, 0.15) is 40.0 Å². The number of nitrogens with one attached hydrogen (secondary N) is 1. The van der Waals surface area contributed by atoms with E-state index in [0.717, 1.165) is 0 Å². The summed E-state index contributed by atoms with van der Waals surface area (Å²) in [6.07, 6.45) is 0.398. The minimum atomic E-state index is -3.65. The first-order valence-electron chi connectivity index (χ1n) is 7.17. The lowest BCUT2D eigenvalue weighted by Gasteiger charge is -2.30. The van der Waals surface area contributed by atoms with Crippen LogP contribution in [0.5, 0.6) is 0 Å². The molecule has 0 radical (unpaired) electrons. The Kier molecular flexibility index (Phi) is 6.15. The zero-order valence-electron chi connectivity index (χ0n) is 12.9. The molecule has 1 unspecified atom stereocenters. The predicted molar refractivity (Wildman–Crippen MR) is 78.9 cm³/mol. The number of rotatable bonds is 6. The van der Waals surface area contributed by atoms with Crippen molar-refractivity contribution in [2.75, 3.05) is 19.6 Å². The molecule has 1 rings (SSSR count). The van der Waals surface area contributed by atoms with Crippen LogP contribution in [-0.4, -0.2) is 54.6 Å². The van der Waals surface area contributed by atoms with Crippen molar-refractivity contribution in [1.29, 1.82) is 0 Å². The molecule has 0 amide bonds. The first kappa shape index (κ1) is 18.3. The lowest BCUT2D eigenvalue weighted by Crippen LogP contribution is -2.47. The number of nitrogens with zero attached hydrogens (tertiary/aromatic N) is 1. The van der Waals surface area contributed by atoms with Crippen LogP contribution in [0.2, 0.25) is 0 Å². The number of aliphatic hydroxyl groups excluding tert-OH is 1. The fourth-order valence-corrected chi connectivity index (χ4v) is 3.69. The number of carbonyl (C=O) groups is 1. The first-order valence-corrected chi connectivity index (χ1v) is 8.61. The molecule has 7 nitrogen and oxygen atoms in total. The number of piperidine rings is 1. The van der Waals surface area contributed by atoms with Gasteiger partial charge in [0.15, 0.2) is 0 Å². The fraction of sp³-hybridized carbons (Fsp3) is 0.923. The molecular weight excluding hydrogens is 296 g/mol. The van der Waals surface area contributed by atoms with Gasteiger partial charge in [-0.1, -0.05) is 20.8 Å². The summed E-state index contributed by atoms with van der Waals surface area (Å²) in [5.74, 6) is -1.34. The maximum absolute atomic E-state index is 12.1. The van der Waals surface area contributed by atoms with Crippen molar-refractivity contribution in [1.82, 2.24) is 9.03 Å². The van der Waals surface area contributed by atoms with Crippen LogP contribution in [0.25, 0.3) is 0 Å². The van der Waals surface area contributed by atoms with E-state index < -0.39 is 28.2 Å². The Labute approximate surface area is 126 Å². The molecule has 0 aromatic carbocycles. The zero-order valence-corrected chi connectivity index (χ0v) is 13.7. The molecule has 0 spiro atoms. The van der Waals surface area contributed by atoms with Gasteiger partial charge in [-0.25, -0.2) is 0 Å². The molecule has 0 saturated carbocycles. The van der Waals surface area contributed by atoms with Gasteiger partial charge in [-0.2, -0.15) is 17.4 Å². The molecule has 3 N–H and O–H groups in total. The van der Waals surface area contributed by atoms with Gasteiger partial charge in [0.05, 0.1) is 12.0 Å². The Hall–Kier alpha value is -0.700. The molecule has 0 aromatic rings. The zero-order chi connectivity index (χ0) is 16.3. The maximum atomic E-state index is 12.1. The lowest BCUT2D eigenvalue weighted by molar-refractivity contribution is -0.142. The Morgan fingerprint density at radius 1 is 1.33 bits per heavy atom. The fourth-order valence-electron chi connectivity index (χ4n) is 2.41. The summed E-state index contributed by atoms with van der Waals surface area (Å²) in [5.41, 5.74) is -0.0787. The molecule has 0 aliphatic carbocycles. The molecule has 1 heterocycles. The molecule has 1 saturated heterocycles. The highest BCUT2D eigenvalue weighted by atomic mass is 32.2. The molecule has 1 atom stereocenters. The Bertz CT molecular complexity index is 450. The van der Waals surface area contributed by atoms with Gasteiger partial charge in [-0.15, -0.1) is 0 Å². The highest BCUT2D eigenvalue weighted by Gasteiger charge is 2.31. The van der Waals surface area contributed by atoms with Gasteiger partial charge in [0.1, 0.15) is 0 Å². The molecule has 0 aromatic heterocycles. The van der Waals surface area contributed by atoms with Crippen LogP contribution in [0, 0.1) is 11.3 Å². The van der Waals surface area contributed by atoms with Crippen LogP contribution >= 0.6 is 0 Å². The summed E-state index contributed by atoms with van der Waals surface area (Å²) in [6.45, 7) is 6.28. The van der Waals surface area contributed by atoms with Crippen LogP contribution in [-0.2, 0) is 15.0 Å². The van der Waals surface area contributed by atoms with Crippen LogP contribution in [0.15, 0.2) is 0 Å². The molecule has 1 fully saturated rings. The van der Waals surface area contributed by atoms with E-state index in [4.69, 9.17) is 5.11 Å². The first-order chi connectivity index (χ1) is 9.51. The number of carboxylic acid groups (broad SMARTS) is 1. The van der Waals surface area contributed by atoms with Gasteiger partial charge in [-0.3, -0.25) is 4.79 Å². The second-order valence-electron chi connectivity index (χ2n) is 6.78. The van der Waals surface area contributed by atoms with Crippen molar-refractivity contribution in [3.05, 3.63) is 0 Å². The van der Waals surface area contributed by atoms with E-state index in [1.807, 2.05) is 20.8 Å². The van der Waals surface area contributed by atoms with Gasteiger partial charge < -0.3 is 10.2 Å².